The van der Waals surface area contributed by atoms with E-state index in [-0.39, 0.29) is 5.78 Å². The van der Waals surface area contributed by atoms with Crippen molar-refractivity contribution in [2.75, 3.05) is 0 Å². The first-order chi connectivity index (χ1) is 20.2. The summed E-state index contributed by atoms with van der Waals surface area (Å²) >= 11 is 0. The second-order valence-electron chi connectivity index (χ2n) is 8.65. The fraction of sp³-hybridized carbons (Fsp3) is 0. The Kier molecular flexibility index (Phi) is 8.68. The van der Waals surface area contributed by atoms with Crippen LogP contribution in [0.4, 0.5) is 17.1 Å². The van der Waals surface area contributed by atoms with E-state index in [1.54, 1.807) is 6.20 Å². The molecule has 5 rings (SSSR count). The van der Waals surface area contributed by atoms with Crippen LogP contribution in [-0.4, -0.2) is 30.6 Å². The topological polar surface area (TPSA) is 180 Å². The predicted octanol–water partition coefficient (Wildman–Crippen LogP) is 6.76. The van der Waals surface area contributed by atoms with Crippen molar-refractivity contribution in [2.45, 2.75) is 0 Å². The molecule has 0 amide bonds. The molecule has 1 aromatic heterocycles. The molecule has 12 nitrogen and oxygen atoms in total. The molecule has 0 saturated carbocycles. The Balaban J connectivity index is 0.000000219. The van der Waals surface area contributed by atoms with Crippen molar-refractivity contribution in [1.29, 1.82) is 0 Å². The van der Waals surface area contributed by atoms with Crippen molar-refractivity contribution >= 4 is 22.8 Å². The molecule has 0 atom stereocenters. The molecule has 0 aliphatic carbocycles. The first kappa shape index (κ1) is 28.7. The van der Waals surface area contributed by atoms with Crippen LogP contribution in [0.25, 0.3) is 22.3 Å². The minimum absolute atomic E-state index is 0.0657. The highest BCUT2D eigenvalue weighted by molar-refractivity contribution is 6.11. The first-order valence-corrected chi connectivity index (χ1v) is 12.2. The maximum absolute atomic E-state index is 13.0. The number of carbonyl (C=O) groups is 1. The summed E-state index contributed by atoms with van der Waals surface area (Å²) in [6.45, 7) is 0. The SMILES string of the molecule is O=C(c1ccccc1)c1ncc(-c2ccccc2)cc1-c1ccccc1.O=[N+]([O-])c1cc([N+](=O)[O-])c(O)c([N+](=O)[O-])c1. The molecule has 0 unspecified atom stereocenters. The molecule has 0 radical (unpaired) electrons. The van der Waals surface area contributed by atoms with Crippen LogP contribution < -0.4 is 0 Å². The lowest BCUT2D eigenvalue weighted by Crippen LogP contribution is -2.06. The lowest BCUT2D eigenvalue weighted by Gasteiger charge is -2.11. The van der Waals surface area contributed by atoms with Gasteiger partial charge in [-0.1, -0.05) is 91.0 Å². The molecule has 5 aromatic rings. The van der Waals surface area contributed by atoms with E-state index in [1.165, 1.54) is 0 Å². The molecule has 4 aromatic carbocycles. The van der Waals surface area contributed by atoms with Gasteiger partial charge in [0.1, 0.15) is 5.69 Å². The zero-order valence-corrected chi connectivity index (χ0v) is 21.6. The molecule has 12 heteroatoms. The highest BCUT2D eigenvalue weighted by atomic mass is 16.6. The van der Waals surface area contributed by atoms with Crippen LogP contribution in [0.2, 0.25) is 0 Å². The van der Waals surface area contributed by atoms with Crippen molar-refractivity contribution in [3.63, 3.8) is 0 Å². The third-order valence-electron chi connectivity index (χ3n) is 5.99. The maximum Gasteiger partial charge on any atom is 0.324 e. The van der Waals surface area contributed by atoms with E-state index in [2.05, 4.69) is 4.98 Å². The molecular formula is C30H20N4O8. The van der Waals surface area contributed by atoms with Crippen molar-refractivity contribution in [3.05, 3.63) is 157 Å². The average Bonchev–Trinajstić information content (AvgIpc) is 3.01. The molecule has 0 fully saturated rings. The number of non-ortho nitro benzene ring substituents is 1. The highest BCUT2D eigenvalue weighted by Crippen LogP contribution is 2.39. The highest BCUT2D eigenvalue weighted by Gasteiger charge is 2.30. The Bertz CT molecular complexity index is 1750. The van der Waals surface area contributed by atoms with Gasteiger partial charge in [0.25, 0.3) is 11.4 Å². The van der Waals surface area contributed by atoms with Gasteiger partial charge >= 0.3 is 11.4 Å². The number of aromatic hydroxyl groups is 1. The molecule has 0 aliphatic rings. The van der Waals surface area contributed by atoms with Gasteiger partial charge < -0.3 is 5.11 Å². The van der Waals surface area contributed by atoms with Gasteiger partial charge in [-0.3, -0.25) is 40.1 Å². The molecule has 1 N–H and O–H groups in total. The van der Waals surface area contributed by atoms with Gasteiger partial charge in [0, 0.05) is 22.9 Å². The number of nitrogens with zero attached hydrogens (tertiary/aromatic N) is 4. The minimum atomic E-state index is -1.21. The minimum Gasteiger partial charge on any atom is -0.497 e. The molecule has 0 aliphatic heterocycles. The van der Waals surface area contributed by atoms with E-state index in [0.717, 1.165) is 22.3 Å². The number of phenols is 1. The van der Waals surface area contributed by atoms with E-state index in [1.807, 2.05) is 97.1 Å². The summed E-state index contributed by atoms with van der Waals surface area (Å²) in [4.78, 5) is 45.4. The fourth-order valence-electron chi connectivity index (χ4n) is 3.97. The number of ketones is 1. The number of phenolic OH excluding ortho intramolecular Hbond substituents is 1. The van der Waals surface area contributed by atoms with E-state index in [0.29, 0.717) is 23.4 Å². The summed E-state index contributed by atoms with van der Waals surface area (Å²) in [5.41, 5.74) is 2.02. The van der Waals surface area contributed by atoms with Crippen LogP contribution in [-0.2, 0) is 0 Å². The van der Waals surface area contributed by atoms with Crippen LogP contribution >= 0.6 is 0 Å². The van der Waals surface area contributed by atoms with Gasteiger partial charge in [0.15, 0.2) is 0 Å². The molecular weight excluding hydrogens is 544 g/mol. The number of pyridine rings is 1. The van der Waals surface area contributed by atoms with Gasteiger partial charge in [0.2, 0.25) is 5.78 Å². The van der Waals surface area contributed by atoms with E-state index >= 15 is 0 Å². The van der Waals surface area contributed by atoms with Crippen LogP contribution in [0.3, 0.4) is 0 Å². The molecule has 0 bridgehead atoms. The van der Waals surface area contributed by atoms with Gasteiger partial charge in [-0.2, -0.15) is 0 Å². The number of hydrogen-bond donors (Lipinski definition) is 1. The third kappa shape index (κ3) is 6.46. The lowest BCUT2D eigenvalue weighted by atomic mass is 9.95. The zero-order chi connectivity index (χ0) is 30.2. The number of nitro benzene ring substituents is 3. The average molecular weight is 565 g/mol. The van der Waals surface area contributed by atoms with E-state index < -0.39 is 37.6 Å². The van der Waals surface area contributed by atoms with Gasteiger partial charge in [-0.05, 0) is 17.2 Å². The smallest absolute Gasteiger partial charge is 0.324 e. The first-order valence-electron chi connectivity index (χ1n) is 12.2. The van der Waals surface area contributed by atoms with Crippen molar-refractivity contribution < 1.29 is 24.7 Å². The Hall–Kier alpha value is -6.30. The molecule has 42 heavy (non-hydrogen) atoms. The fourth-order valence-corrected chi connectivity index (χ4v) is 3.97. The molecule has 1 heterocycles. The van der Waals surface area contributed by atoms with Crippen LogP contribution in [0.1, 0.15) is 16.1 Å². The van der Waals surface area contributed by atoms with Crippen LogP contribution in [0, 0.1) is 30.3 Å². The second kappa shape index (κ2) is 12.7. The number of rotatable bonds is 7. The predicted molar refractivity (Wildman–Crippen MR) is 153 cm³/mol. The summed E-state index contributed by atoms with van der Waals surface area (Å²) in [5.74, 6) is -1.27. The number of benzene rings is 4. The number of aromatic nitrogens is 1. The summed E-state index contributed by atoms with van der Waals surface area (Å²) < 4.78 is 0. The summed E-state index contributed by atoms with van der Waals surface area (Å²) in [7, 11) is 0. The maximum atomic E-state index is 13.0. The Morgan fingerprint density at radius 1 is 0.619 bits per heavy atom. The van der Waals surface area contributed by atoms with Crippen LogP contribution in [0.5, 0.6) is 5.75 Å². The Morgan fingerprint density at radius 3 is 1.57 bits per heavy atom. The summed E-state index contributed by atoms with van der Waals surface area (Å²) in [5, 5.41) is 40.2. The van der Waals surface area contributed by atoms with E-state index in [9.17, 15) is 35.1 Å². The van der Waals surface area contributed by atoms with Crippen molar-refractivity contribution in [3.8, 4) is 28.0 Å². The third-order valence-corrected chi connectivity index (χ3v) is 5.99. The summed E-state index contributed by atoms with van der Waals surface area (Å²) in [6, 6.07) is 32.2. The second-order valence-corrected chi connectivity index (χ2v) is 8.65. The van der Waals surface area contributed by atoms with Crippen LogP contribution in [0.15, 0.2) is 115 Å². The van der Waals surface area contributed by atoms with Gasteiger partial charge in [-0.15, -0.1) is 0 Å². The number of hydrogen-bond acceptors (Lipinski definition) is 9. The molecule has 0 saturated heterocycles. The summed E-state index contributed by atoms with van der Waals surface area (Å²) in [6.07, 6.45) is 1.78. The van der Waals surface area contributed by atoms with Crippen molar-refractivity contribution in [2.24, 2.45) is 0 Å². The quantitative estimate of drug-likeness (QED) is 0.127. The molecule has 0 spiro atoms. The normalized spacial score (nSPS) is 10.2. The van der Waals surface area contributed by atoms with Gasteiger partial charge in [0.05, 0.1) is 26.9 Å². The van der Waals surface area contributed by atoms with Gasteiger partial charge in [-0.25, -0.2) is 0 Å². The monoisotopic (exact) mass is 564 g/mol. The zero-order valence-electron chi connectivity index (χ0n) is 21.6. The largest absolute Gasteiger partial charge is 0.497 e. The Labute approximate surface area is 237 Å². The standard InChI is InChI=1S/C24H17NO.C6H3N3O7/c26-24(20-14-8-3-9-15-20)23-22(19-12-6-2-7-13-19)16-21(17-25-23)18-10-4-1-5-11-18;10-6-4(8(13)14)1-3(7(11)12)2-5(6)9(15)16/h1-17H;1-2,10H. The molecule has 208 valence electrons. The Morgan fingerprint density at radius 2 is 1.10 bits per heavy atom. The van der Waals surface area contributed by atoms with E-state index in [4.69, 9.17) is 5.11 Å². The number of nitro groups is 3. The lowest BCUT2D eigenvalue weighted by molar-refractivity contribution is -0.404. The van der Waals surface area contributed by atoms with Crippen molar-refractivity contribution in [1.82, 2.24) is 4.98 Å². The number of carbonyl (C=O) groups excluding carboxylic acids is 1.